The van der Waals surface area contributed by atoms with Gasteiger partial charge in [-0.25, -0.2) is 14.6 Å². The van der Waals surface area contributed by atoms with Crippen molar-refractivity contribution < 1.29 is 38.1 Å². The molecule has 0 amide bonds. The lowest BCUT2D eigenvalue weighted by molar-refractivity contribution is -0.139. The maximum absolute atomic E-state index is 13.2. The van der Waals surface area contributed by atoms with Gasteiger partial charge in [-0.1, -0.05) is 18.2 Å². The Bertz CT molecular complexity index is 1740. The molecule has 44 heavy (non-hydrogen) atoms. The number of carboxylic acids is 1. The van der Waals surface area contributed by atoms with Gasteiger partial charge in [-0.05, 0) is 39.3 Å². The quantitative estimate of drug-likeness (QED) is 0.116. The van der Waals surface area contributed by atoms with Crippen LogP contribution in [0.2, 0.25) is 0 Å². The summed E-state index contributed by atoms with van der Waals surface area (Å²) in [6.45, 7) is 6.81. The number of fused-ring (bicyclic) bond motifs is 2. The Morgan fingerprint density at radius 2 is 1.91 bits per heavy atom. The SMILES string of the molecule is CC(C)O[C@@H]1[C@H](OC(C)C)[C@@H](COP(=O)(O)NC(Cc2c[nH]c3ccccc23)C(=O)O)O[C@H]1n1cnc2c(=O)[nH]c(N)nc21. The number of ether oxygens (including phenoxy) is 3. The number of para-hydroxylation sites is 1. The predicted molar refractivity (Wildman–Crippen MR) is 159 cm³/mol. The summed E-state index contributed by atoms with van der Waals surface area (Å²) < 4.78 is 38.7. The average molecular weight is 634 g/mol. The lowest BCUT2D eigenvalue weighted by Gasteiger charge is -2.28. The van der Waals surface area contributed by atoms with Crippen LogP contribution in [-0.4, -0.2) is 83.6 Å². The number of aromatic amines is 2. The van der Waals surface area contributed by atoms with E-state index < -0.39 is 56.5 Å². The van der Waals surface area contributed by atoms with Gasteiger partial charge in [0.05, 0.1) is 25.1 Å². The summed E-state index contributed by atoms with van der Waals surface area (Å²) in [6.07, 6.45) is -1.12. The van der Waals surface area contributed by atoms with Crippen molar-refractivity contribution in [1.82, 2.24) is 29.6 Å². The molecular formula is C27H36N7O9P. The predicted octanol–water partition coefficient (Wildman–Crippen LogP) is 2.07. The molecular weight excluding hydrogens is 597 g/mol. The summed E-state index contributed by atoms with van der Waals surface area (Å²) in [4.78, 5) is 49.0. The summed E-state index contributed by atoms with van der Waals surface area (Å²) in [5, 5.41) is 12.9. The number of nitrogens with one attached hydrogen (secondary N) is 3. The largest absolute Gasteiger partial charge is 0.480 e. The lowest BCUT2D eigenvalue weighted by Crippen LogP contribution is -2.41. The van der Waals surface area contributed by atoms with E-state index in [0.717, 1.165) is 10.9 Å². The van der Waals surface area contributed by atoms with Crippen LogP contribution in [0.3, 0.4) is 0 Å². The molecule has 1 aliphatic heterocycles. The topological polar surface area (TPSA) is 229 Å². The van der Waals surface area contributed by atoms with Crippen molar-refractivity contribution >= 4 is 41.7 Å². The molecule has 238 valence electrons. The number of benzene rings is 1. The highest BCUT2D eigenvalue weighted by Crippen LogP contribution is 2.42. The van der Waals surface area contributed by atoms with E-state index in [1.54, 1.807) is 6.20 Å². The molecule has 5 rings (SSSR count). The molecule has 1 saturated heterocycles. The van der Waals surface area contributed by atoms with Gasteiger partial charge in [0.25, 0.3) is 5.56 Å². The third-order valence-electron chi connectivity index (χ3n) is 7.00. The van der Waals surface area contributed by atoms with Crippen LogP contribution in [0.1, 0.15) is 39.5 Å². The van der Waals surface area contributed by atoms with Crippen molar-refractivity contribution in [1.29, 1.82) is 0 Å². The number of imidazole rings is 1. The first kappa shape index (κ1) is 31.8. The van der Waals surface area contributed by atoms with Gasteiger partial charge in [-0.15, -0.1) is 0 Å². The Balaban J connectivity index is 1.37. The summed E-state index contributed by atoms with van der Waals surface area (Å²) in [5.41, 5.74) is 6.89. The molecule has 6 atom stereocenters. The van der Waals surface area contributed by atoms with E-state index in [1.807, 2.05) is 52.0 Å². The molecule has 17 heteroatoms. The van der Waals surface area contributed by atoms with E-state index in [2.05, 4.69) is 25.0 Å². The highest BCUT2D eigenvalue weighted by Gasteiger charge is 2.49. The number of carboxylic acid groups (broad SMARTS) is 1. The summed E-state index contributed by atoms with van der Waals surface area (Å²) in [5.74, 6) is -1.45. The number of anilines is 1. The molecule has 1 aliphatic rings. The van der Waals surface area contributed by atoms with E-state index in [9.17, 15) is 24.2 Å². The smallest absolute Gasteiger partial charge is 0.403 e. The third kappa shape index (κ3) is 6.86. The Kier molecular flexibility index (Phi) is 9.23. The second kappa shape index (κ2) is 12.8. The van der Waals surface area contributed by atoms with Crippen LogP contribution in [0.4, 0.5) is 5.95 Å². The molecule has 16 nitrogen and oxygen atoms in total. The lowest BCUT2D eigenvalue weighted by atomic mass is 10.1. The molecule has 0 aliphatic carbocycles. The molecule has 4 heterocycles. The molecule has 1 aromatic carbocycles. The van der Waals surface area contributed by atoms with Crippen molar-refractivity contribution in [3.05, 3.63) is 52.7 Å². The second-order valence-electron chi connectivity index (χ2n) is 11.0. The zero-order valence-corrected chi connectivity index (χ0v) is 25.4. The standard InChI is InChI=1S/C27H36N7O9P/c1-13(2)41-21-19(43-25(22(21)42-14(3)4)34-12-30-20-23(34)31-27(28)32-24(20)35)11-40-44(38,39)33-18(26(36)37)9-15-10-29-17-8-6-5-7-16(15)17/h5-8,10,12-14,18-19,21-22,25,29H,9,11H2,1-4H3,(H,36,37)(H2,33,38,39)(H3,28,31,32,35)/t18?,19-,21-,22-,25-/m1/s1. The monoisotopic (exact) mass is 633 g/mol. The zero-order chi connectivity index (χ0) is 31.8. The third-order valence-corrected chi connectivity index (χ3v) is 8.14. The Morgan fingerprint density at radius 3 is 2.61 bits per heavy atom. The van der Waals surface area contributed by atoms with Crippen LogP contribution >= 0.6 is 7.75 Å². The number of hydrogen-bond donors (Lipinski definition) is 6. The number of nitrogen functional groups attached to an aromatic ring is 1. The molecule has 3 aromatic heterocycles. The Labute approximate surface area is 251 Å². The number of aromatic nitrogens is 5. The fourth-order valence-electron chi connectivity index (χ4n) is 5.25. The number of H-pyrrole nitrogens is 2. The van der Waals surface area contributed by atoms with Crippen molar-refractivity contribution in [3.63, 3.8) is 0 Å². The van der Waals surface area contributed by atoms with E-state index in [1.165, 1.54) is 10.9 Å². The van der Waals surface area contributed by atoms with Gasteiger partial charge in [0.1, 0.15) is 24.4 Å². The second-order valence-corrected chi connectivity index (χ2v) is 12.6. The van der Waals surface area contributed by atoms with E-state index in [0.29, 0.717) is 5.56 Å². The number of nitrogens with two attached hydrogens (primary N) is 1. The van der Waals surface area contributed by atoms with Gasteiger partial charge >= 0.3 is 13.7 Å². The van der Waals surface area contributed by atoms with Gasteiger partial charge in [-0.2, -0.15) is 4.98 Å². The number of nitrogens with zero attached hydrogens (tertiary/aromatic N) is 3. The van der Waals surface area contributed by atoms with E-state index in [4.69, 9.17) is 24.5 Å². The molecule has 1 fully saturated rings. The number of rotatable bonds is 13. The molecule has 0 spiro atoms. The van der Waals surface area contributed by atoms with Gasteiger partial charge in [0.2, 0.25) is 5.95 Å². The fourth-order valence-corrected chi connectivity index (χ4v) is 6.27. The maximum Gasteiger partial charge on any atom is 0.403 e. The summed E-state index contributed by atoms with van der Waals surface area (Å²) in [7, 11) is -4.68. The van der Waals surface area contributed by atoms with E-state index in [-0.39, 0.29) is 35.7 Å². The first-order chi connectivity index (χ1) is 20.8. The summed E-state index contributed by atoms with van der Waals surface area (Å²) in [6, 6.07) is 5.90. The van der Waals surface area contributed by atoms with Crippen LogP contribution in [0.5, 0.6) is 0 Å². The first-order valence-corrected chi connectivity index (χ1v) is 15.6. The maximum atomic E-state index is 13.2. The molecule has 0 bridgehead atoms. The molecule has 2 unspecified atom stereocenters. The fraction of sp³-hybridized carbons (Fsp3) is 0.481. The van der Waals surface area contributed by atoms with Gasteiger partial charge in [-0.3, -0.25) is 23.7 Å². The van der Waals surface area contributed by atoms with Crippen molar-refractivity contribution in [2.24, 2.45) is 0 Å². The molecule has 0 radical (unpaired) electrons. The highest BCUT2D eigenvalue weighted by atomic mass is 31.2. The first-order valence-electron chi connectivity index (χ1n) is 14.0. The molecule has 4 aromatic rings. The van der Waals surface area contributed by atoms with Crippen molar-refractivity contribution in [2.75, 3.05) is 12.3 Å². The summed E-state index contributed by atoms with van der Waals surface area (Å²) >= 11 is 0. The minimum absolute atomic E-state index is 0.0334. The average Bonchev–Trinajstić information content (AvgIpc) is 3.63. The molecule has 7 N–H and O–H groups in total. The van der Waals surface area contributed by atoms with Gasteiger partial charge in [0, 0.05) is 23.5 Å². The highest BCUT2D eigenvalue weighted by molar-refractivity contribution is 7.50. The zero-order valence-electron chi connectivity index (χ0n) is 24.5. The Morgan fingerprint density at radius 1 is 1.20 bits per heavy atom. The van der Waals surface area contributed by atoms with Crippen LogP contribution in [0.25, 0.3) is 22.1 Å². The van der Waals surface area contributed by atoms with Crippen molar-refractivity contribution in [2.45, 2.75) is 76.9 Å². The van der Waals surface area contributed by atoms with Crippen LogP contribution < -0.4 is 16.4 Å². The van der Waals surface area contributed by atoms with Crippen LogP contribution in [0, 0.1) is 0 Å². The minimum Gasteiger partial charge on any atom is -0.480 e. The normalized spacial score (nSPS) is 22.7. The number of hydrogen-bond acceptors (Lipinski definition) is 10. The van der Waals surface area contributed by atoms with Gasteiger partial charge in [0.15, 0.2) is 17.4 Å². The number of aliphatic carboxylic acids is 1. The van der Waals surface area contributed by atoms with Gasteiger partial charge < -0.3 is 34.9 Å². The molecule has 0 saturated carbocycles. The van der Waals surface area contributed by atoms with Crippen molar-refractivity contribution in [3.8, 4) is 0 Å². The Hall–Kier alpha value is -3.63. The van der Waals surface area contributed by atoms with Crippen LogP contribution in [0.15, 0.2) is 41.6 Å². The minimum atomic E-state index is -4.68. The van der Waals surface area contributed by atoms with E-state index >= 15 is 0 Å². The number of carbonyl (C=O) groups is 1. The van der Waals surface area contributed by atoms with Crippen LogP contribution in [-0.2, 0) is 34.5 Å².